The van der Waals surface area contributed by atoms with Crippen LogP contribution >= 0.6 is 24.8 Å². The second-order valence-corrected chi connectivity index (χ2v) is 7.33. The average Bonchev–Trinajstić information content (AvgIpc) is 2.72. The Morgan fingerprint density at radius 3 is 2.69 bits per heavy atom. The minimum Gasteiger partial charge on any atom is -0.497 e. The Morgan fingerprint density at radius 1 is 1.14 bits per heavy atom. The number of nitrogens with one attached hydrogen (secondary N) is 1. The number of anilines is 1. The Bertz CT molecular complexity index is 776. The van der Waals surface area contributed by atoms with Crippen molar-refractivity contribution >= 4 is 30.5 Å². The van der Waals surface area contributed by atoms with E-state index >= 15 is 0 Å². The van der Waals surface area contributed by atoms with Crippen molar-refractivity contribution in [2.75, 3.05) is 38.3 Å². The van der Waals surface area contributed by atoms with Crippen LogP contribution < -0.4 is 15.0 Å². The second kappa shape index (κ2) is 11.0. The Labute approximate surface area is 184 Å². The van der Waals surface area contributed by atoms with E-state index < -0.39 is 0 Å². The van der Waals surface area contributed by atoms with E-state index in [1.807, 2.05) is 18.2 Å². The van der Waals surface area contributed by atoms with Crippen molar-refractivity contribution in [3.8, 4) is 5.75 Å². The molecule has 1 N–H and O–H groups in total. The van der Waals surface area contributed by atoms with Crippen LogP contribution in [0, 0.1) is 5.82 Å². The van der Waals surface area contributed by atoms with Crippen LogP contribution in [0.1, 0.15) is 30.1 Å². The molecule has 2 unspecified atom stereocenters. The fraction of sp³-hybridized carbons (Fsp3) is 0.455. The highest BCUT2D eigenvalue weighted by molar-refractivity contribution is 5.85. The number of piperazine rings is 1. The molecule has 2 aromatic rings. The van der Waals surface area contributed by atoms with Crippen molar-refractivity contribution in [2.45, 2.75) is 31.4 Å². The molecule has 0 aliphatic carbocycles. The molecular formula is C22H29Cl2FN2O2. The second-order valence-electron chi connectivity index (χ2n) is 7.33. The highest BCUT2D eigenvalue weighted by Gasteiger charge is 2.25. The number of hydrogen-bond donors (Lipinski definition) is 1. The number of hydrogen-bond acceptors (Lipinski definition) is 4. The van der Waals surface area contributed by atoms with E-state index in [4.69, 9.17) is 9.47 Å². The molecule has 0 saturated carbocycles. The highest BCUT2D eigenvalue weighted by Crippen LogP contribution is 2.32. The Hall–Kier alpha value is -1.53. The summed E-state index contributed by atoms with van der Waals surface area (Å²) in [5.41, 5.74) is 3.49. The molecule has 2 aromatic carbocycles. The van der Waals surface area contributed by atoms with Gasteiger partial charge in [0.15, 0.2) is 0 Å². The van der Waals surface area contributed by atoms with Gasteiger partial charge in [-0.1, -0.05) is 6.07 Å². The molecule has 0 spiro atoms. The fourth-order valence-corrected chi connectivity index (χ4v) is 4.14. The van der Waals surface area contributed by atoms with Crippen molar-refractivity contribution in [3.05, 3.63) is 59.4 Å². The quantitative estimate of drug-likeness (QED) is 0.735. The van der Waals surface area contributed by atoms with Crippen LogP contribution in [0.2, 0.25) is 0 Å². The summed E-state index contributed by atoms with van der Waals surface area (Å²) in [7, 11) is 1.69. The van der Waals surface area contributed by atoms with Crippen LogP contribution in [0.25, 0.3) is 0 Å². The summed E-state index contributed by atoms with van der Waals surface area (Å²) in [5.74, 6) is 0.730. The largest absolute Gasteiger partial charge is 0.497 e. The molecule has 4 rings (SSSR count). The van der Waals surface area contributed by atoms with Gasteiger partial charge in [-0.25, -0.2) is 4.39 Å². The molecule has 1 saturated heterocycles. The van der Waals surface area contributed by atoms with Crippen molar-refractivity contribution in [1.29, 1.82) is 0 Å². The van der Waals surface area contributed by atoms with Crippen LogP contribution in [0.15, 0.2) is 42.5 Å². The maximum Gasteiger partial charge on any atom is 0.123 e. The van der Waals surface area contributed by atoms with Crippen LogP contribution in [0.3, 0.4) is 0 Å². The zero-order valence-electron chi connectivity index (χ0n) is 16.6. The number of benzene rings is 2. The van der Waals surface area contributed by atoms with Gasteiger partial charge < -0.3 is 19.7 Å². The van der Waals surface area contributed by atoms with E-state index in [9.17, 15) is 4.39 Å². The minimum atomic E-state index is -0.154. The minimum absolute atomic E-state index is 0. The van der Waals surface area contributed by atoms with Crippen molar-refractivity contribution in [1.82, 2.24) is 5.32 Å². The predicted molar refractivity (Wildman–Crippen MR) is 120 cm³/mol. The van der Waals surface area contributed by atoms with E-state index in [0.29, 0.717) is 12.6 Å². The Balaban J connectivity index is 0.00000150. The van der Waals surface area contributed by atoms with E-state index in [2.05, 4.69) is 22.3 Å². The molecule has 1 fully saturated rings. The summed E-state index contributed by atoms with van der Waals surface area (Å²) >= 11 is 0. The number of fused-ring (bicyclic) bond motifs is 1. The number of nitrogens with zero attached hydrogens (tertiary/aromatic N) is 1. The fourth-order valence-electron chi connectivity index (χ4n) is 4.14. The third kappa shape index (κ3) is 5.76. The van der Waals surface area contributed by atoms with E-state index in [-0.39, 0.29) is 36.7 Å². The maximum absolute atomic E-state index is 13.5. The van der Waals surface area contributed by atoms with Gasteiger partial charge in [0.25, 0.3) is 0 Å². The van der Waals surface area contributed by atoms with Crippen molar-refractivity contribution < 1.29 is 13.9 Å². The summed E-state index contributed by atoms with van der Waals surface area (Å²) in [6.45, 7) is 3.64. The standard InChI is InChI=1S/C22H27FN2O2.2ClH/c1-26-20-6-4-19(5-7-20)25-12-11-24-18(15-25)3-9-22-21-8-2-17(23)14-16(21)10-13-27-22;;/h2,4-8,14,18,22,24H,3,9-13,15H2,1H3;2*1H. The number of halogens is 3. The van der Waals surface area contributed by atoms with Crippen LogP contribution in [0.4, 0.5) is 10.1 Å². The smallest absolute Gasteiger partial charge is 0.123 e. The third-order valence-electron chi connectivity index (χ3n) is 5.61. The topological polar surface area (TPSA) is 33.7 Å². The van der Waals surface area contributed by atoms with Crippen molar-refractivity contribution in [2.24, 2.45) is 0 Å². The third-order valence-corrected chi connectivity index (χ3v) is 5.61. The first kappa shape index (κ1) is 23.7. The molecule has 4 nitrogen and oxygen atoms in total. The molecular weight excluding hydrogens is 414 g/mol. The SMILES string of the molecule is COc1ccc(N2CCNC(CCC3OCCc4cc(F)ccc43)C2)cc1.Cl.Cl. The number of methoxy groups -OCH3 is 1. The van der Waals surface area contributed by atoms with Gasteiger partial charge >= 0.3 is 0 Å². The van der Waals surface area contributed by atoms with Crippen molar-refractivity contribution in [3.63, 3.8) is 0 Å². The summed E-state index contributed by atoms with van der Waals surface area (Å²) < 4.78 is 24.7. The molecule has 2 atom stereocenters. The molecule has 29 heavy (non-hydrogen) atoms. The van der Waals surface area contributed by atoms with E-state index in [0.717, 1.165) is 55.8 Å². The van der Waals surface area contributed by atoms with Gasteiger partial charge in [-0.3, -0.25) is 0 Å². The molecule has 0 aromatic heterocycles. The lowest BCUT2D eigenvalue weighted by atomic mass is 9.93. The number of rotatable bonds is 5. The van der Waals surface area contributed by atoms with Crippen LogP contribution in [-0.4, -0.2) is 39.4 Å². The van der Waals surface area contributed by atoms with Gasteiger partial charge in [0.1, 0.15) is 11.6 Å². The van der Waals surface area contributed by atoms with Gasteiger partial charge in [0.2, 0.25) is 0 Å². The van der Waals surface area contributed by atoms with Crippen LogP contribution in [0.5, 0.6) is 5.75 Å². The van der Waals surface area contributed by atoms with Gasteiger partial charge in [0.05, 0.1) is 19.8 Å². The summed E-state index contributed by atoms with van der Waals surface area (Å²) in [6.07, 6.45) is 2.87. The van der Waals surface area contributed by atoms with Gasteiger partial charge in [-0.2, -0.15) is 0 Å². The molecule has 7 heteroatoms. The molecule has 160 valence electrons. The summed E-state index contributed by atoms with van der Waals surface area (Å²) in [6, 6.07) is 13.8. The monoisotopic (exact) mass is 442 g/mol. The zero-order valence-corrected chi connectivity index (χ0v) is 18.2. The summed E-state index contributed by atoms with van der Waals surface area (Å²) in [4.78, 5) is 2.42. The first-order chi connectivity index (χ1) is 13.2. The van der Waals surface area contributed by atoms with Gasteiger partial charge in [-0.05, 0) is 66.8 Å². The lowest BCUT2D eigenvalue weighted by Crippen LogP contribution is -2.50. The predicted octanol–water partition coefficient (Wildman–Crippen LogP) is 4.55. The molecule has 0 bridgehead atoms. The molecule has 0 radical (unpaired) electrons. The average molecular weight is 443 g/mol. The van der Waals surface area contributed by atoms with Gasteiger partial charge in [-0.15, -0.1) is 24.8 Å². The van der Waals surface area contributed by atoms with Crippen LogP contribution in [-0.2, 0) is 11.2 Å². The maximum atomic E-state index is 13.5. The lowest BCUT2D eigenvalue weighted by Gasteiger charge is -2.36. The Morgan fingerprint density at radius 2 is 1.93 bits per heavy atom. The number of ether oxygens (including phenoxy) is 2. The summed E-state index contributed by atoms with van der Waals surface area (Å²) in [5, 5.41) is 3.63. The normalized spacial score (nSPS) is 20.8. The molecule has 2 aliphatic heterocycles. The first-order valence-electron chi connectivity index (χ1n) is 9.75. The molecule has 0 amide bonds. The molecule has 2 aliphatic rings. The zero-order chi connectivity index (χ0) is 18.6. The first-order valence-corrected chi connectivity index (χ1v) is 9.75. The highest BCUT2D eigenvalue weighted by atomic mass is 35.5. The van der Waals surface area contributed by atoms with Gasteiger partial charge in [0, 0.05) is 31.4 Å². The molecule has 2 heterocycles. The van der Waals surface area contributed by atoms with E-state index in [1.165, 1.54) is 5.69 Å². The van der Waals surface area contributed by atoms with E-state index in [1.54, 1.807) is 19.2 Å². The lowest BCUT2D eigenvalue weighted by molar-refractivity contribution is 0.0331. The Kier molecular flexibility index (Phi) is 9.03.